The number of ether oxygens (including phenoxy) is 3. The Kier molecular flexibility index (Phi) is 6.89. The molecular formula is C22H23FN2O4S. The molecule has 2 aromatic rings. The lowest BCUT2D eigenvalue weighted by Gasteiger charge is -2.30. The molecule has 0 saturated carbocycles. The van der Waals surface area contributed by atoms with E-state index in [-0.39, 0.29) is 19.0 Å². The zero-order valence-electron chi connectivity index (χ0n) is 17.0. The predicted molar refractivity (Wildman–Crippen MR) is 115 cm³/mol. The summed E-state index contributed by atoms with van der Waals surface area (Å²) in [6.45, 7) is 4.02. The lowest BCUT2D eigenvalue weighted by Crippen LogP contribution is -2.45. The van der Waals surface area contributed by atoms with E-state index in [1.54, 1.807) is 33.1 Å². The summed E-state index contributed by atoms with van der Waals surface area (Å²) in [6.07, 6.45) is 0. The number of halogens is 1. The van der Waals surface area contributed by atoms with E-state index in [2.05, 4.69) is 10.6 Å². The third-order valence-electron chi connectivity index (χ3n) is 4.61. The first-order valence-electron chi connectivity index (χ1n) is 9.43. The van der Waals surface area contributed by atoms with Crippen LogP contribution in [0.3, 0.4) is 0 Å². The third kappa shape index (κ3) is 4.88. The van der Waals surface area contributed by atoms with Crippen molar-refractivity contribution in [2.24, 2.45) is 0 Å². The summed E-state index contributed by atoms with van der Waals surface area (Å²) < 4.78 is 29.6. The number of hydrogen-bond acceptors (Lipinski definition) is 5. The van der Waals surface area contributed by atoms with Gasteiger partial charge in [0, 0.05) is 11.3 Å². The standard InChI is InChI=1S/C22H23FN2O4S/c1-4-28-21(26)19-13(2)24-22(30)25-20(19)14-5-10-18(27-3)15(11-14)12-29-17-8-6-16(23)7-9-17/h5-11,20H,4,12H2,1-3H3,(H2,24,25,30). The predicted octanol–water partition coefficient (Wildman–Crippen LogP) is 3.77. The molecule has 1 heterocycles. The average molecular weight is 431 g/mol. The first kappa shape index (κ1) is 21.6. The SMILES string of the molecule is CCOC(=O)C1=C(C)NC(=S)NC1c1ccc(OC)c(COc2ccc(F)cc2)c1. The maximum atomic E-state index is 13.1. The minimum absolute atomic E-state index is 0.204. The van der Waals surface area contributed by atoms with E-state index in [4.69, 9.17) is 26.4 Å². The van der Waals surface area contributed by atoms with Crippen LogP contribution in [0, 0.1) is 5.82 Å². The van der Waals surface area contributed by atoms with Crippen LogP contribution in [0.2, 0.25) is 0 Å². The Bertz CT molecular complexity index is 976. The highest BCUT2D eigenvalue weighted by Gasteiger charge is 2.31. The molecular weight excluding hydrogens is 407 g/mol. The van der Waals surface area contributed by atoms with Gasteiger partial charge in [-0.1, -0.05) is 6.07 Å². The van der Waals surface area contributed by atoms with Gasteiger partial charge in [0.2, 0.25) is 0 Å². The van der Waals surface area contributed by atoms with Gasteiger partial charge in [-0.2, -0.15) is 0 Å². The Balaban J connectivity index is 1.91. The zero-order valence-corrected chi connectivity index (χ0v) is 17.8. The van der Waals surface area contributed by atoms with Gasteiger partial charge in [0.25, 0.3) is 0 Å². The number of esters is 1. The minimum atomic E-state index is -0.478. The van der Waals surface area contributed by atoms with Crippen molar-refractivity contribution in [2.75, 3.05) is 13.7 Å². The van der Waals surface area contributed by atoms with Gasteiger partial charge in [-0.25, -0.2) is 9.18 Å². The second-order valence-electron chi connectivity index (χ2n) is 6.60. The lowest BCUT2D eigenvalue weighted by molar-refractivity contribution is -0.139. The van der Waals surface area contributed by atoms with Gasteiger partial charge in [-0.15, -0.1) is 0 Å². The smallest absolute Gasteiger partial charge is 0.338 e. The molecule has 0 amide bonds. The summed E-state index contributed by atoms with van der Waals surface area (Å²) in [5, 5.41) is 6.53. The van der Waals surface area contributed by atoms with Crippen LogP contribution in [0.1, 0.15) is 31.0 Å². The lowest BCUT2D eigenvalue weighted by atomic mass is 9.94. The number of carbonyl (C=O) groups is 1. The maximum Gasteiger partial charge on any atom is 0.338 e. The van der Waals surface area contributed by atoms with E-state index in [0.717, 1.165) is 11.1 Å². The number of nitrogens with one attached hydrogen (secondary N) is 2. The van der Waals surface area contributed by atoms with Crippen molar-refractivity contribution in [3.8, 4) is 11.5 Å². The largest absolute Gasteiger partial charge is 0.496 e. The highest BCUT2D eigenvalue weighted by Crippen LogP contribution is 2.31. The van der Waals surface area contributed by atoms with Gasteiger partial charge in [0.1, 0.15) is 23.9 Å². The number of hydrogen-bond donors (Lipinski definition) is 2. The van der Waals surface area contributed by atoms with E-state index in [0.29, 0.717) is 27.9 Å². The van der Waals surface area contributed by atoms with Crippen LogP contribution in [0.4, 0.5) is 4.39 Å². The van der Waals surface area contributed by atoms with Crippen LogP contribution in [-0.2, 0) is 16.1 Å². The van der Waals surface area contributed by atoms with Crippen LogP contribution in [0.15, 0.2) is 53.7 Å². The second kappa shape index (κ2) is 9.58. The molecule has 2 N–H and O–H groups in total. The van der Waals surface area contributed by atoms with E-state index >= 15 is 0 Å². The van der Waals surface area contributed by atoms with Gasteiger partial charge < -0.3 is 24.8 Å². The molecule has 0 aromatic heterocycles. The molecule has 0 saturated heterocycles. The Hall–Kier alpha value is -3.13. The van der Waals surface area contributed by atoms with Gasteiger partial charge in [0.05, 0.1) is 25.3 Å². The van der Waals surface area contributed by atoms with Crippen LogP contribution < -0.4 is 20.1 Å². The molecule has 158 valence electrons. The Morgan fingerprint density at radius 3 is 2.60 bits per heavy atom. The van der Waals surface area contributed by atoms with Gasteiger partial charge in [0.15, 0.2) is 5.11 Å². The molecule has 3 rings (SSSR count). The molecule has 30 heavy (non-hydrogen) atoms. The molecule has 1 aliphatic rings. The summed E-state index contributed by atoms with van der Waals surface area (Å²) in [5.41, 5.74) is 2.68. The quantitative estimate of drug-likeness (QED) is 0.512. The fourth-order valence-electron chi connectivity index (χ4n) is 3.21. The third-order valence-corrected chi connectivity index (χ3v) is 4.83. The average Bonchev–Trinajstić information content (AvgIpc) is 2.72. The summed E-state index contributed by atoms with van der Waals surface area (Å²) in [5.74, 6) is 0.426. The van der Waals surface area contributed by atoms with Gasteiger partial charge in [-0.3, -0.25) is 0 Å². The van der Waals surface area contributed by atoms with Crippen molar-refractivity contribution >= 4 is 23.3 Å². The van der Waals surface area contributed by atoms with Crippen LogP contribution in [0.25, 0.3) is 0 Å². The van der Waals surface area contributed by atoms with Crippen molar-refractivity contribution in [2.45, 2.75) is 26.5 Å². The van der Waals surface area contributed by atoms with Crippen molar-refractivity contribution in [3.05, 3.63) is 70.7 Å². The summed E-state index contributed by atoms with van der Waals surface area (Å²) in [6, 6.07) is 10.9. The van der Waals surface area contributed by atoms with Gasteiger partial charge in [-0.05, 0) is 68.0 Å². The van der Waals surface area contributed by atoms with Crippen LogP contribution >= 0.6 is 12.2 Å². The van der Waals surface area contributed by atoms with E-state index in [1.807, 2.05) is 18.2 Å². The number of methoxy groups -OCH3 is 1. The fourth-order valence-corrected chi connectivity index (χ4v) is 3.48. The number of carbonyl (C=O) groups excluding carboxylic acids is 1. The topological polar surface area (TPSA) is 68.8 Å². The molecule has 1 unspecified atom stereocenters. The molecule has 1 aliphatic heterocycles. The molecule has 0 bridgehead atoms. The number of allylic oxidation sites excluding steroid dienone is 1. The number of thiocarbonyl (C=S) groups is 1. The molecule has 0 fully saturated rings. The van der Waals surface area contributed by atoms with Crippen molar-refractivity contribution in [1.29, 1.82) is 0 Å². The number of rotatable bonds is 7. The molecule has 0 radical (unpaired) electrons. The van der Waals surface area contributed by atoms with Crippen LogP contribution in [-0.4, -0.2) is 24.8 Å². The molecule has 1 atom stereocenters. The molecule has 0 spiro atoms. The number of benzene rings is 2. The molecule has 2 aromatic carbocycles. The minimum Gasteiger partial charge on any atom is -0.496 e. The second-order valence-corrected chi connectivity index (χ2v) is 7.01. The Morgan fingerprint density at radius 2 is 1.93 bits per heavy atom. The maximum absolute atomic E-state index is 13.1. The van der Waals surface area contributed by atoms with E-state index in [9.17, 15) is 9.18 Å². The first-order chi connectivity index (χ1) is 14.4. The summed E-state index contributed by atoms with van der Waals surface area (Å²) >= 11 is 5.28. The van der Waals surface area contributed by atoms with Crippen molar-refractivity contribution in [1.82, 2.24) is 10.6 Å². The van der Waals surface area contributed by atoms with Crippen LogP contribution in [0.5, 0.6) is 11.5 Å². The van der Waals surface area contributed by atoms with E-state index in [1.165, 1.54) is 12.1 Å². The molecule has 6 nitrogen and oxygen atoms in total. The molecule has 8 heteroatoms. The highest BCUT2D eigenvalue weighted by molar-refractivity contribution is 7.80. The monoisotopic (exact) mass is 430 g/mol. The van der Waals surface area contributed by atoms with Crippen molar-refractivity contribution < 1.29 is 23.4 Å². The van der Waals surface area contributed by atoms with Crippen molar-refractivity contribution in [3.63, 3.8) is 0 Å². The molecule has 0 aliphatic carbocycles. The fraction of sp³-hybridized carbons (Fsp3) is 0.273. The first-order valence-corrected chi connectivity index (χ1v) is 9.84. The van der Waals surface area contributed by atoms with Gasteiger partial charge >= 0.3 is 5.97 Å². The Labute approximate surface area is 180 Å². The normalized spacial score (nSPS) is 15.9. The van der Waals surface area contributed by atoms with E-state index < -0.39 is 12.0 Å². The summed E-state index contributed by atoms with van der Waals surface area (Å²) in [4.78, 5) is 12.6. The Morgan fingerprint density at radius 1 is 1.20 bits per heavy atom. The summed E-state index contributed by atoms with van der Waals surface area (Å²) in [7, 11) is 1.57. The zero-order chi connectivity index (χ0) is 21.7. The highest BCUT2D eigenvalue weighted by atomic mass is 32.1.